The fourth-order valence-electron chi connectivity index (χ4n) is 2.67. The Kier molecular flexibility index (Phi) is 6.69. The van der Waals surface area contributed by atoms with E-state index >= 15 is 0 Å². The highest BCUT2D eigenvalue weighted by atomic mass is 19.1. The summed E-state index contributed by atoms with van der Waals surface area (Å²) in [6.45, 7) is 6.22. The first-order valence-corrected chi connectivity index (χ1v) is 7.36. The summed E-state index contributed by atoms with van der Waals surface area (Å²) in [5.74, 6) is -0.0257. The third-order valence-electron chi connectivity index (χ3n) is 4.22. The van der Waals surface area contributed by atoms with E-state index in [9.17, 15) is 9.18 Å². The molecule has 2 nitrogen and oxygen atoms in total. The molecular weight excluding hydrogens is 255 g/mol. The molecule has 1 aromatic rings. The van der Waals surface area contributed by atoms with Gasteiger partial charge in [-0.3, -0.25) is 4.79 Å². The number of hydrogen-bond donors (Lipinski definition) is 0. The molecule has 0 saturated carbocycles. The third-order valence-corrected chi connectivity index (χ3v) is 4.22. The van der Waals surface area contributed by atoms with Gasteiger partial charge in [-0.2, -0.15) is 0 Å². The maximum atomic E-state index is 13.1. The van der Waals surface area contributed by atoms with Gasteiger partial charge in [-0.05, 0) is 36.0 Å². The summed E-state index contributed by atoms with van der Waals surface area (Å²) in [5, 5.41) is 0. The van der Waals surface area contributed by atoms with Gasteiger partial charge >= 0.3 is 5.97 Å². The molecule has 0 radical (unpaired) electrons. The fraction of sp³-hybridized carbons (Fsp3) is 0.588. The number of esters is 1. The normalized spacial score (nSPS) is 14.1. The molecule has 0 spiro atoms. The predicted octanol–water partition coefficient (Wildman–Crippen LogP) is 4.54. The minimum Gasteiger partial charge on any atom is -0.469 e. The van der Waals surface area contributed by atoms with Crippen molar-refractivity contribution in [3.05, 3.63) is 35.6 Å². The summed E-state index contributed by atoms with van der Waals surface area (Å²) >= 11 is 0. The Balaban J connectivity index is 2.99. The van der Waals surface area contributed by atoms with Gasteiger partial charge in [0, 0.05) is 0 Å². The molecule has 2 unspecified atom stereocenters. The zero-order chi connectivity index (χ0) is 15.1. The van der Waals surface area contributed by atoms with E-state index in [0.717, 1.165) is 24.8 Å². The largest absolute Gasteiger partial charge is 0.469 e. The van der Waals surface area contributed by atoms with Gasteiger partial charge in [0.2, 0.25) is 0 Å². The zero-order valence-corrected chi connectivity index (χ0v) is 12.9. The van der Waals surface area contributed by atoms with E-state index in [0.29, 0.717) is 5.92 Å². The number of carbonyl (C=O) groups is 1. The Hall–Kier alpha value is -1.38. The topological polar surface area (TPSA) is 26.3 Å². The molecular formula is C17H25FO2. The Morgan fingerprint density at radius 3 is 2.20 bits per heavy atom. The average molecular weight is 280 g/mol. The predicted molar refractivity (Wildman–Crippen MR) is 79.0 cm³/mol. The van der Waals surface area contributed by atoms with E-state index in [1.807, 2.05) is 6.92 Å². The Morgan fingerprint density at radius 1 is 1.20 bits per heavy atom. The van der Waals surface area contributed by atoms with Crippen LogP contribution in [0, 0.1) is 17.7 Å². The first kappa shape index (κ1) is 16.7. The lowest BCUT2D eigenvalue weighted by molar-refractivity contribution is -0.145. The van der Waals surface area contributed by atoms with Gasteiger partial charge in [-0.15, -0.1) is 0 Å². The minimum absolute atomic E-state index is 0.0768. The maximum Gasteiger partial charge on any atom is 0.308 e. The molecule has 0 fully saturated rings. The molecule has 0 aliphatic heterocycles. The van der Waals surface area contributed by atoms with Crippen molar-refractivity contribution >= 4 is 5.97 Å². The van der Waals surface area contributed by atoms with Gasteiger partial charge in [0.05, 0.1) is 13.0 Å². The number of carbonyl (C=O) groups excluding carboxylic acids is 1. The molecule has 0 aliphatic carbocycles. The summed E-state index contributed by atoms with van der Waals surface area (Å²) in [4.78, 5) is 11.9. The SMILES string of the molecule is CCC(CC)CC(c1ccc(F)cc1)C(C)C(=O)OC. The molecule has 112 valence electrons. The van der Waals surface area contributed by atoms with E-state index in [1.165, 1.54) is 19.2 Å². The van der Waals surface area contributed by atoms with Gasteiger partial charge in [-0.25, -0.2) is 4.39 Å². The Bertz CT molecular complexity index is 410. The van der Waals surface area contributed by atoms with Crippen LogP contribution in [-0.2, 0) is 9.53 Å². The van der Waals surface area contributed by atoms with Crippen LogP contribution in [0.4, 0.5) is 4.39 Å². The van der Waals surface area contributed by atoms with Crippen molar-refractivity contribution in [2.24, 2.45) is 11.8 Å². The molecule has 3 heteroatoms. The number of benzene rings is 1. The lowest BCUT2D eigenvalue weighted by atomic mass is 9.79. The molecule has 1 aromatic carbocycles. The van der Waals surface area contributed by atoms with E-state index in [-0.39, 0.29) is 23.6 Å². The highest BCUT2D eigenvalue weighted by Gasteiger charge is 2.28. The van der Waals surface area contributed by atoms with Crippen molar-refractivity contribution in [3.8, 4) is 0 Å². The minimum atomic E-state index is -0.249. The van der Waals surface area contributed by atoms with Gasteiger partial charge in [0.25, 0.3) is 0 Å². The molecule has 0 saturated heterocycles. The first-order valence-electron chi connectivity index (χ1n) is 7.36. The molecule has 0 aliphatic rings. The van der Waals surface area contributed by atoms with Crippen LogP contribution in [0.2, 0.25) is 0 Å². The van der Waals surface area contributed by atoms with Crippen LogP contribution in [0.3, 0.4) is 0 Å². The lowest BCUT2D eigenvalue weighted by Gasteiger charge is -2.26. The van der Waals surface area contributed by atoms with Gasteiger partial charge in [-0.1, -0.05) is 45.7 Å². The summed E-state index contributed by atoms with van der Waals surface area (Å²) in [7, 11) is 1.41. The van der Waals surface area contributed by atoms with Crippen molar-refractivity contribution in [1.29, 1.82) is 0 Å². The van der Waals surface area contributed by atoms with Crippen LogP contribution in [0.5, 0.6) is 0 Å². The number of hydrogen-bond acceptors (Lipinski definition) is 2. The van der Waals surface area contributed by atoms with Gasteiger partial charge in [0.1, 0.15) is 5.82 Å². The van der Waals surface area contributed by atoms with Crippen LogP contribution in [-0.4, -0.2) is 13.1 Å². The smallest absolute Gasteiger partial charge is 0.308 e. The van der Waals surface area contributed by atoms with Crippen LogP contribution >= 0.6 is 0 Å². The third kappa shape index (κ3) is 4.32. The molecule has 0 bridgehead atoms. The number of halogens is 1. The molecule has 0 aromatic heterocycles. The molecule has 20 heavy (non-hydrogen) atoms. The van der Waals surface area contributed by atoms with Crippen molar-refractivity contribution in [3.63, 3.8) is 0 Å². The molecule has 2 atom stereocenters. The number of ether oxygens (including phenoxy) is 1. The Morgan fingerprint density at radius 2 is 1.75 bits per heavy atom. The van der Waals surface area contributed by atoms with E-state index < -0.39 is 0 Å². The van der Waals surface area contributed by atoms with Gasteiger partial charge in [0.15, 0.2) is 0 Å². The highest BCUT2D eigenvalue weighted by Crippen LogP contribution is 2.34. The summed E-state index contributed by atoms with van der Waals surface area (Å²) < 4.78 is 18.0. The number of rotatable bonds is 7. The van der Waals surface area contributed by atoms with Crippen LogP contribution < -0.4 is 0 Å². The van der Waals surface area contributed by atoms with Gasteiger partial charge < -0.3 is 4.74 Å². The standard InChI is InChI=1S/C17H25FO2/c1-5-13(6-2)11-16(12(3)17(19)20-4)14-7-9-15(18)10-8-14/h7-10,12-13,16H,5-6,11H2,1-4H3. The second kappa shape index (κ2) is 8.03. The second-order valence-electron chi connectivity index (χ2n) is 5.39. The van der Waals surface area contributed by atoms with Crippen LogP contribution in [0.25, 0.3) is 0 Å². The average Bonchev–Trinajstić information content (AvgIpc) is 2.48. The van der Waals surface area contributed by atoms with Crippen molar-refractivity contribution in [1.82, 2.24) is 0 Å². The highest BCUT2D eigenvalue weighted by molar-refractivity contribution is 5.73. The molecule has 0 heterocycles. The van der Waals surface area contributed by atoms with Crippen LogP contribution in [0.1, 0.15) is 51.5 Å². The first-order chi connectivity index (χ1) is 9.53. The van der Waals surface area contributed by atoms with Crippen molar-refractivity contribution in [2.45, 2.75) is 46.0 Å². The molecule has 1 rings (SSSR count). The second-order valence-corrected chi connectivity index (χ2v) is 5.39. The quantitative estimate of drug-likeness (QED) is 0.685. The fourth-order valence-corrected chi connectivity index (χ4v) is 2.67. The summed E-state index contributed by atoms with van der Waals surface area (Å²) in [6, 6.07) is 6.47. The van der Waals surface area contributed by atoms with E-state index in [2.05, 4.69) is 13.8 Å². The number of methoxy groups -OCH3 is 1. The van der Waals surface area contributed by atoms with E-state index in [1.54, 1.807) is 12.1 Å². The Labute approximate surface area is 121 Å². The molecule has 0 N–H and O–H groups in total. The van der Waals surface area contributed by atoms with E-state index in [4.69, 9.17) is 4.74 Å². The van der Waals surface area contributed by atoms with Crippen LogP contribution in [0.15, 0.2) is 24.3 Å². The summed E-state index contributed by atoms with van der Waals surface area (Å²) in [5.41, 5.74) is 1.01. The van der Waals surface area contributed by atoms with Crippen molar-refractivity contribution < 1.29 is 13.9 Å². The lowest BCUT2D eigenvalue weighted by Crippen LogP contribution is -2.23. The zero-order valence-electron chi connectivity index (χ0n) is 12.9. The van der Waals surface area contributed by atoms with Crippen molar-refractivity contribution in [2.75, 3.05) is 7.11 Å². The maximum absolute atomic E-state index is 13.1. The monoisotopic (exact) mass is 280 g/mol. The molecule has 0 amide bonds. The summed E-state index contributed by atoms with van der Waals surface area (Å²) in [6.07, 6.45) is 3.10.